The van der Waals surface area contributed by atoms with Gasteiger partial charge >= 0.3 is 0 Å². The number of thiophene rings is 1. The summed E-state index contributed by atoms with van der Waals surface area (Å²) >= 11 is 1.35. The number of nitrogen functional groups attached to an aromatic ring is 1. The number of aryl methyl sites for hydroxylation is 2. The summed E-state index contributed by atoms with van der Waals surface area (Å²) in [7, 11) is 0. The molecule has 2 aromatic carbocycles. The molecule has 5 aromatic rings. The second-order valence-electron chi connectivity index (χ2n) is 12.7. The van der Waals surface area contributed by atoms with Gasteiger partial charge in [-0.25, -0.2) is 19.9 Å². The van der Waals surface area contributed by atoms with E-state index in [4.69, 9.17) is 20.4 Å². The molecule has 0 saturated carbocycles. The van der Waals surface area contributed by atoms with E-state index in [-0.39, 0.29) is 42.8 Å². The molecule has 1 saturated heterocycles. The summed E-state index contributed by atoms with van der Waals surface area (Å²) in [5.41, 5.74) is 12.4. The third-order valence-electron chi connectivity index (χ3n) is 9.32. The molecule has 0 radical (unpaired) electrons. The Labute approximate surface area is 299 Å². The lowest BCUT2D eigenvalue weighted by molar-refractivity contribution is -0.117. The third-order valence-corrected chi connectivity index (χ3v) is 10.6. The number of fused-ring (bicyclic) bond motifs is 2. The van der Waals surface area contributed by atoms with Gasteiger partial charge < -0.3 is 30.9 Å². The number of benzene rings is 2. The summed E-state index contributed by atoms with van der Waals surface area (Å²) in [5, 5.41) is 5.84. The van der Waals surface area contributed by atoms with Gasteiger partial charge in [0, 0.05) is 62.8 Å². The second kappa shape index (κ2) is 14.4. The highest BCUT2D eigenvalue weighted by Gasteiger charge is 2.27. The lowest BCUT2D eigenvalue weighted by atomic mass is 9.93. The van der Waals surface area contributed by atoms with Gasteiger partial charge in [0.2, 0.25) is 11.9 Å². The van der Waals surface area contributed by atoms with E-state index in [0.29, 0.717) is 53.6 Å². The zero-order valence-corrected chi connectivity index (χ0v) is 29.5. The Balaban J connectivity index is 0.997. The Morgan fingerprint density at radius 2 is 1.63 bits per heavy atom. The molecule has 7 rings (SSSR count). The van der Waals surface area contributed by atoms with Gasteiger partial charge in [-0.2, -0.15) is 0 Å². The van der Waals surface area contributed by atoms with Crippen LogP contribution in [0.3, 0.4) is 0 Å². The summed E-state index contributed by atoms with van der Waals surface area (Å²) < 4.78 is 6.38. The van der Waals surface area contributed by atoms with E-state index < -0.39 is 0 Å². The standard InChI is InChI=1S/C37H39N9O4S/c1-21-4-5-27-18-26(10-11-29(27)46(21)23(3)47)24-6-8-25(9-7-24)35(48)39-12-13-40-36(49)31-22(2)30-32(51-31)34(45-14-16-50-17-15-45)44-33(43-30)28-19-41-37(38)42-20-28/h6-11,18-21H,4-5,12-17H2,1-3H3,(H,39,48)(H,40,49)(H2,38,41,42)/t21-/m0/s1. The van der Waals surface area contributed by atoms with E-state index in [0.717, 1.165) is 51.3 Å². The normalized spacial score (nSPS) is 15.8. The number of hydrogen-bond acceptors (Lipinski definition) is 11. The van der Waals surface area contributed by atoms with Crippen molar-refractivity contribution < 1.29 is 19.1 Å². The van der Waals surface area contributed by atoms with Crippen LogP contribution in [0.2, 0.25) is 0 Å². The fourth-order valence-electron chi connectivity index (χ4n) is 6.62. The Morgan fingerprint density at radius 3 is 2.33 bits per heavy atom. The van der Waals surface area contributed by atoms with Crippen LogP contribution in [0.5, 0.6) is 0 Å². The number of nitrogens with two attached hydrogens (primary N) is 1. The molecule has 3 amide bonds. The Hall–Kier alpha value is -5.47. The van der Waals surface area contributed by atoms with Crippen LogP contribution in [-0.4, -0.2) is 83.1 Å². The van der Waals surface area contributed by atoms with E-state index in [9.17, 15) is 14.4 Å². The van der Waals surface area contributed by atoms with Gasteiger partial charge in [-0.3, -0.25) is 14.4 Å². The lowest BCUT2D eigenvalue weighted by Gasteiger charge is -2.34. The fraction of sp³-hybridized carbons (Fsp3) is 0.324. The predicted molar refractivity (Wildman–Crippen MR) is 198 cm³/mol. The maximum Gasteiger partial charge on any atom is 0.261 e. The Kier molecular flexibility index (Phi) is 9.60. The van der Waals surface area contributed by atoms with Crippen LogP contribution < -0.4 is 26.2 Å². The molecule has 13 nitrogen and oxygen atoms in total. The molecule has 51 heavy (non-hydrogen) atoms. The molecule has 0 bridgehead atoms. The van der Waals surface area contributed by atoms with Gasteiger partial charge in [-0.15, -0.1) is 11.3 Å². The number of ether oxygens (including phenoxy) is 1. The van der Waals surface area contributed by atoms with Gasteiger partial charge in [-0.05, 0) is 73.2 Å². The first kappa shape index (κ1) is 34.0. The van der Waals surface area contributed by atoms with Crippen molar-refractivity contribution in [1.29, 1.82) is 0 Å². The smallest absolute Gasteiger partial charge is 0.261 e. The van der Waals surface area contributed by atoms with E-state index in [1.165, 1.54) is 11.3 Å². The average Bonchev–Trinajstić information content (AvgIpc) is 3.49. The van der Waals surface area contributed by atoms with Crippen molar-refractivity contribution in [3.63, 3.8) is 0 Å². The minimum absolute atomic E-state index is 0.0509. The Bertz CT molecular complexity index is 2110. The largest absolute Gasteiger partial charge is 0.378 e. The number of hydrogen-bond donors (Lipinski definition) is 3. The van der Waals surface area contributed by atoms with Crippen LogP contribution in [0.15, 0.2) is 54.9 Å². The van der Waals surface area contributed by atoms with Gasteiger partial charge in [-0.1, -0.05) is 18.2 Å². The van der Waals surface area contributed by atoms with Crippen LogP contribution in [-0.2, 0) is 16.0 Å². The van der Waals surface area contributed by atoms with Crippen molar-refractivity contribution in [2.24, 2.45) is 0 Å². The number of aromatic nitrogens is 4. The molecule has 14 heteroatoms. The van der Waals surface area contributed by atoms with Crippen molar-refractivity contribution in [3.8, 4) is 22.5 Å². The van der Waals surface area contributed by atoms with Gasteiger partial charge in [0.25, 0.3) is 11.8 Å². The van der Waals surface area contributed by atoms with Crippen molar-refractivity contribution in [3.05, 3.63) is 76.4 Å². The summed E-state index contributed by atoms with van der Waals surface area (Å²) in [6.07, 6.45) is 5.01. The highest BCUT2D eigenvalue weighted by molar-refractivity contribution is 7.21. The van der Waals surface area contributed by atoms with Crippen LogP contribution >= 0.6 is 11.3 Å². The SMILES string of the molecule is CC(=O)N1c2ccc(-c3ccc(C(=O)NCCNC(=O)c4sc5c(N6CCOCC6)nc(-c6cnc(N)nc6)nc5c4C)cc3)cc2CC[C@@H]1C. The van der Waals surface area contributed by atoms with E-state index >= 15 is 0 Å². The first-order valence-corrected chi connectivity index (χ1v) is 17.8. The number of amides is 3. The van der Waals surface area contributed by atoms with Crippen molar-refractivity contribution in [2.75, 3.05) is 54.9 Å². The van der Waals surface area contributed by atoms with Gasteiger partial charge in [0.15, 0.2) is 11.6 Å². The molecule has 5 heterocycles. The summed E-state index contributed by atoms with van der Waals surface area (Å²) in [5.74, 6) is 0.927. The molecule has 0 aliphatic carbocycles. The molecule has 262 valence electrons. The molecule has 3 aromatic heterocycles. The summed E-state index contributed by atoms with van der Waals surface area (Å²) in [4.78, 5) is 61.0. The van der Waals surface area contributed by atoms with Crippen LogP contribution in [0.1, 0.15) is 51.4 Å². The third kappa shape index (κ3) is 6.97. The minimum Gasteiger partial charge on any atom is -0.378 e. The highest BCUT2D eigenvalue weighted by Crippen LogP contribution is 2.38. The van der Waals surface area contributed by atoms with Crippen molar-refractivity contribution in [1.82, 2.24) is 30.6 Å². The van der Waals surface area contributed by atoms with Crippen molar-refractivity contribution >= 4 is 56.7 Å². The number of nitrogens with zero attached hydrogens (tertiary/aromatic N) is 6. The number of morpholine rings is 1. The molecular formula is C37H39N9O4S. The second-order valence-corrected chi connectivity index (χ2v) is 13.8. The number of anilines is 3. The highest BCUT2D eigenvalue weighted by atomic mass is 32.1. The topological polar surface area (TPSA) is 169 Å². The van der Waals surface area contributed by atoms with E-state index in [1.807, 2.05) is 36.1 Å². The van der Waals surface area contributed by atoms with Gasteiger partial charge in [0.1, 0.15) is 0 Å². The average molecular weight is 706 g/mol. The fourth-order valence-corrected chi connectivity index (χ4v) is 7.80. The monoisotopic (exact) mass is 705 g/mol. The van der Waals surface area contributed by atoms with E-state index in [2.05, 4.69) is 38.5 Å². The Morgan fingerprint density at radius 1 is 0.941 bits per heavy atom. The zero-order chi connectivity index (χ0) is 35.6. The number of carbonyl (C=O) groups excluding carboxylic acids is 3. The van der Waals surface area contributed by atoms with Crippen LogP contribution in [0.25, 0.3) is 32.7 Å². The van der Waals surface area contributed by atoms with Crippen LogP contribution in [0, 0.1) is 6.92 Å². The zero-order valence-electron chi connectivity index (χ0n) is 28.7. The molecule has 1 atom stereocenters. The lowest BCUT2D eigenvalue weighted by Crippen LogP contribution is -2.40. The molecule has 0 unspecified atom stereocenters. The van der Waals surface area contributed by atoms with Crippen LogP contribution in [0.4, 0.5) is 17.5 Å². The minimum atomic E-state index is -0.245. The van der Waals surface area contributed by atoms with Gasteiger partial charge in [0.05, 0.1) is 33.9 Å². The molecule has 2 aliphatic rings. The number of carbonyl (C=O) groups is 3. The molecule has 2 aliphatic heterocycles. The van der Waals surface area contributed by atoms with Crippen molar-refractivity contribution in [2.45, 2.75) is 39.7 Å². The quantitative estimate of drug-likeness (QED) is 0.197. The summed E-state index contributed by atoms with van der Waals surface area (Å²) in [6, 6.07) is 13.8. The molecule has 4 N–H and O–H groups in total. The molecular weight excluding hydrogens is 667 g/mol. The maximum atomic E-state index is 13.4. The summed E-state index contributed by atoms with van der Waals surface area (Å²) in [6.45, 7) is 8.56. The molecule has 1 fully saturated rings. The maximum absolute atomic E-state index is 13.4. The first-order chi connectivity index (χ1) is 24.7. The van der Waals surface area contributed by atoms with E-state index in [1.54, 1.807) is 31.5 Å². The predicted octanol–water partition coefficient (Wildman–Crippen LogP) is 4.39. The first-order valence-electron chi connectivity index (χ1n) is 17.0. The number of nitrogens with one attached hydrogen (secondary N) is 2. The molecule has 0 spiro atoms. The number of rotatable bonds is 8.